The molecular formula is C27H21N5O5. The topological polar surface area (TPSA) is 114 Å². The van der Waals surface area contributed by atoms with Gasteiger partial charge in [0.1, 0.15) is 23.2 Å². The van der Waals surface area contributed by atoms with Gasteiger partial charge in [-0.1, -0.05) is 12.1 Å². The predicted molar refractivity (Wildman–Crippen MR) is 133 cm³/mol. The van der Waals surface area contributed by atoms with Crippen LogP contribution in [0.4, 0.5) is 11.5 Å². The molecule has 1 fully saturated rings. The van der Waals surface area contributed by atoms with Crippen molar-refractivity contribution in [3.8, 4) is 22.8 Å². The van der Waals surface area contributed by atoms with Crippen LogP contribution < -0.4 is 20.1 Å². The third kappa shape index (κ3) is 3.48. The molecule has 184 valence electrons. The summed E-state index contributed by atoms with van der Waals surface area (Å²) in [5.74, 6) is 1.21. The first-order valence-electron chi connectivity index (χ1n) is 12.0. The molecule has 37 heavy (non-hydrogen) atoms. The number of rotatable bonds is 4. The van der Waals surface area contributed by atoms with Crippen molar-refractivity contribution in [3.05, 3.63) is 71.9 Å². The van der Waals surface area contributed by atoms with Gasteiger partial charge >= 0.3 is 0 Å². The Kier molecular flexibility index (Phi) is 4.68. The fourth-order valence-electron chi connectivity index (χ4n) is 5.15. The largest absolute Gasteiger partial charge is 0.454 e. The van der Waals surface area contributed by atoms with E-state index in [4.69, 9.17) is 14.5 Å². The first-order valence-corrected chi connectivity index (χ1v) is 12.0. The first kappa shape index (κ1) is 21.4. The van der Waals surface area contributed by atoms with Crippen molar-refractivity contribution in [1.29, 1.82) is 0 Å². The molecule has 3 aliphatic rings. The van der Waals surface area contributed by atoms with Gasteiger partial charge in [-0.2, -0.15) is 0 Å². The van der Waals surface area contributed by atoms with Crippen LogP contribution in [0.5, 0.6) is 11.5 Å². The van der Waals surface area contributed by atoms with Gasteiger partial charge in [0.25, 0.3) is 5.91 Å². The van der Waals surface area contributed by atoms with Crippen LogP contribution >= 0.6 is 0 Å². The number of anilines is 2. The standard InChI is InChI=1S/C27H21N5O5/c33-23-9-7-19(26(34)30-23)32-13-16-11-15(4-6-18(16)27(32)35)24-25(31-10-2-1-3-22(31)29-24)28-17-5-8-20-21(12-17)37-14-36-20/h1-6,8,10-12,19,28H,7,9,13-14H2,(H,30,33,34). The van der Waals surface area contributed by atoms with Gasteiger partial charge in [0, 0.05) is 42.0 Å². The smallest absolute Gasteiger partial charge is 0.255 e. The molecule has 0 aliphatic carbocycles. The fraction of sp³-hybridized carbons (Fsp3) is 0.185. The molecule has 10 nitrogen and oxygen atoms in total. The summed E-state index contributed by atoms with van der Waals surface area (Å²) in [6, 6.07) is 16.4. The minimum Gasteiger partial charge on any atom is -0.454 e. The monoisotopic (exact) mass is 495 g/mol. The molecule has 2 aromatic carbocycles. The number of hydrogen-bond donors (Lipinski definition) is 2. The number of piperidine rings is 1. The number of imidazole rings is 1. The molecule has 2 N–H and O–H groups in total. The van der Waals surface area contributed by atoms with Crippen LogP contribution in [0.25, 0.3) is 16.9 Å². The third-order valence-corrected chi connectivity index (χ3v) is 6.96. The molecular weight excluding hydrogens is 474 g/mol. The van der Waals surface area contributed by atoms with Crippen LogP contribution in [0.2, 0.25) is 0 Å². The minimum absolute atomic E-state index is 0.198. The lowest BCUT2D eigenvalue weighted by atomic mass is 10.0. The Labute approximate surface area is 210 Å². The highest BCUT2D eigenvalue weighted by Crippen LogP contribution is 2.38. The summed E-state index contributed by atoms with van der Waals surface area (Å²) < 4.78 is 12.9. The number of ether oxygens (including phenoxy) is 2. The zero-order chi connectivity index (χ0) is 25.1. The molecule has 0 saturated carbocycles. The molecule has 10 heteroatoms. The van der Waals surface area contributed by atoms with Gasteiger partial charge in [0.05, 0.1) is 0 Å². The normalized spacial score (nSPS) is 18.3. The van der Waals surface area contributed by atoms with Gasteiger partial charge in [0.15, 0.2) is 11.5 Å². The van der Waals surface area contributed by atoms with E-state index in [2.05, 4.69) is 10.6 Å². The molecule has 1 unspecified atom stereocenters. The van der Waals surface area contributed by atoms with Crippen LogP contribution in [0.15, 0.2) is 60.8 Å². The number of nitrogens with zero attached hydrogens (tertiary/aromatic N) is 3. The van der Waals surface area contributed by atoms with Gasteiger partial charge in [-0.3, -0.25) is 24.1 Å². The van der Waals surface area contributed by atoms with E-state index in [0.717, 1.165) is 34.0 Å². The average Bonchev–Trinajstić information content (AvgIpc) is 3.60. The number of carbonyl (C=O) groups is 3. The molecule has 5 heterocycles. The van der Waals surface area contributed by atoms with E-state index < -0.39 is 11.9 Å². The number of carbonyl (C=O) groups excluding carboxylic acids is 3. The lowest BCUT2D eigenvalue weighted by molar-refractivity contribution is -0.136. The SMILES string of the molecule is O=C1CCC(N2Cc3cc(-c4nc5ccccn5c4Nc4ccc5c(c4)OCO5)ccc3C2=O)C(=O)N1. The van der Waals surface area contributed by atoms with Crippen molar-refractivity contribution in [3.63, 3.8) is 0 Å². The molecule has 2 aromatic heterocycles. The van der Waals surface area contributed by atoms with Crippen LogP contribution in [0, 0.1) is 0 Å². The van der Waals surface area contributed by atoms with E-state index in [9.17, 15) is 14.4 Å². The van der Waals surface area contributed by atoms with E-state index in [1.807, 2.05) is 59.1 Å². The number of nitrogens with one attached hydrogen (secondary N) is 2. The van der Waals surface area contributed by atoms with Gasteiger partial charge in [-0.15, -0.1) is 0 Å². The lowest BCUT2D eigenvalue weighted by Crippen LogP contribution is -2.52. The molecule has 7 rings (SSSR count). The summed E-state index contributed by atoms with van der Waals surface area (Å²) in [4.78, 5) is 43.5. The number of benzene rings is 2. The Bertz CT molecular complexity index is 1630. The average molecular weight is 495 g/mol. The lowest BCUT2D eigenvalue weighted by Gasteiger charge is -2.29. The van der Waals surface area contributed by atoms with Crippen molar-refractivity contribution in [2.24, 2.45) is 0 Å². The van der Waals surface area contributed by atoms with E-state index in [-0.39, 0.29) is 25.0 Å². The van der Waals surface area contributed by atoms with Crippen LogP contribution in [0.3, 0.4) is 0 Å². The first-order chi connectivity index (χ1) is 18.0. The van der Waals surface area contributed by atoms with Crippen LogP contribution in [0.1, 0.15) is 28.8 Å². The predicted octanol–water partition coefficient (Wildman–Crippen LogP) is 3.23. The molecule has 0 spiro atoms. The summed E-state index contributed by atoms with van der Waals surface area (Å²) in [6.45, 7) is 0.496. The highest BCUT2D eigenvalue weighted by molar-refractivity contribution is 6.05. The number of pyridine rings is 1. The second-order valence-electron chi connectivity index (χ2n) is 9.20. The van der Waals surface area contributed by atoms with Crippen molar-refractivity contribution in [1.82, 2.24) is 19.6 Å². The zero-order valence-electron chi connectivity index (χ0n) is 19.6. The van der Waals surface area contributed by atoms with Crippen molar-refractivity contribution >= 4 is 34.9 Å². The highest BCUT2D eigenvalue weighted by Gasteiger charge is 2.39. The maximum absolute atomic E-state index is 13.1. The maximum Gasteiger partial charge on any atom is 0.255 e. The van der Waals surface area contributed by atoms with Crippen LogP contribution in [-0.2, 0) is 16.1 Å². The molecule has 1 atom stereocenters. The second-order valence-corrected chi connectivity index (χ2v) is 9.20. The van der Waals surface area contributed by atoms with E-state index in [1.165, 1.54) is 0 Å². The number of fused-ring (bicyclic) bond motifs is 3. The summed E-state index contributed by atoms with van der Waals surface area (Å²) >= 11 is 0. The summed E-state index contributed by atoms with van der Waals surface area (Å²) in [5.41, 5.74) is 4.52. The highest BCUT2D eigenvalue weighted by atomic mass is 16.7. The fourth-order valence-corrected chi connectivity index (χ4v) is 5.15. The molecule has 3 amide bonds. The minimum atomic E-state index is -0.653. The Balaban J connectivity index is 1.25. The van der Waals surface area contributed by atoms with E-state index in [1.54, 1.807) is 11.0 Å². The molecule has 0 radical (unpaired) electrons. The second kappa shape index (κ2) is 8.09. The number of hydrogen-bond acceptors (Lipinski definition) is 7. The van der Waals surface area contributed by atoms with Crippen molar-refractivity contribution in [2.45, 2.75) is 25.4 Å². The quantitative estimate of drug-likeness (QED) is 0.418. The Hall–Kier alpha value is -4.86. The zero-order valence-corrected chi connectivity index (χ0v) is 19.6. The molecule has 0 bridgehead atoms. The summed E-state index contributed by atoms with van der Waals surface area (Å²) in [5, 5.41) is 5.82. The van der Waals surface area contributed by atoms with E-state index >= 15 is 0 Å². The number of imide groups is 1. The molecule has 4 aromatic rings. The summed E-state index contributed by atoms with van der Waals surface area (Å²) in [6.07, 6.45) is 2.48. The van der Waals surface area contributed by atoms with Crippen molar-refractivity contribution < 1.29 is 23.9 Å². The van der Waals surface area contributed by atoms with Gasteiger partial charge < -0.3 is 19.7 Å². The van der Waals surface area contributed by atoms with E-state index in [0.29, 0.717) is 30.0 Å². The molecule has 3 aliphatic heterocycles. The van der Waals surface area contributed by atoms with Crippen molar-refractivity contribution in [2.75, 3.05) is 12.1 Å². The van der Waals surface area contributed by atoms with Gasteiger partial charge in [-0.25, -0.2) is 4.98 Å². The summed E-state index contributed by atoms with van der Waals surface area (Å²) in [7, 11) is 0. The number of aromatic nitrogens is 2. The molecule has 1 saturated heterocycles. The Morgan fingerprint density at radius 1 is 1.00 bits per heavy atom. The third-order valence-electron chi connectivity index (χ3n) is 6.96. The number of amides is 3. The Morgan fingerprint density at radius 3 is 2.78 bits per heavy atom. The maximum atomic E-state index is 13.1. The Morgan fingerprint density at radius 2 is 1.89 bits per heavy atom. The van der Waals surface area contributed by atoms with Crippen LogP contribution in [-0.4, -0.2) is 44.8 Å². The van der Waals surface area contributed by atoms with Gasteiger partial charge in [-0.05, 0) is 48.4 Å². The van der Waals surface area contributed by atoms with Gasteiger partial charge in [0.2, 0.25) is 18.6 Å².